The number of aromatic nitrogens is 1. The second-order valence-corrected chi connectivity index (χ2v) is 4.08. The number of halogens is 1. The molecule has 6 heteroatoms. The zero-order chi connectivity index (χ0) is 12.3. The largest absolute Gasteiger partial charge is 0.493 e. The summed E-state index contributed by atoms with van der Waals surface area (Å²) in [6.07, 6.45) is 2.80. The number of carbonyl (C=O) groups is 1. The quantitative estimate of drug-likeness (QED) is 0.831. The maximum atomic E-state index is 11.7. The number of aromatic hydroxyl groups is 1. The fraction of sp³-hybridized carbons (Fsp3) is 0.500. The van der Waals surface area contributed by atoms with Gasteiger partial charge in [0.2, 0.25) is 5.88 Å². The SMILES string of the molecule is COC(=O)C1CCCCN1c1cccc(O)n1.Cl. The van der Waals surface area contributed by atoms with E-state index in [0.717, 1.165) is 25.8 Å². The molecule has 0 bridgehead atoms. The summed E-state index contributed by atoms with van der Waals surface area (Å²) in [6.45, 7) is 0.760. The number of carbonyl (C=O) groups excluding carboxylic acids is 1. The molecule has 2 heterocycles. The van der Waals surface area contributed by atoms with E-state index >= 15 is 0 Å². The van der Waals surface area contributed by atoms with Crippen molar-refractivity contribution in [1.82, 2.24) is 4.98 Å². The number of rotatable bonds is 2. The number of hydrogen-bond acceptors (Lipinski definition) is 5. The summed E-state index contributed by atoms with van der Waals surface area (Å²) in [5.41, 5.74) is 0. The van der Waals surface area contributed by atoms with Crippen molar-refractivity contribution in [2.75, 3.05) is 18.6 Å². The number of hydrogen-bond donors (Lipinski definition) is 1. The van der Waals surface area contributed by atoms with E-state index in [1.54, 1.807) is 12.1 Å². The predicted molar refractivity (Wildman–Crippen MR) is 70.2 cm³/mol. The van der Waals surface area contributed by atoms with Crippen LogP contribution in [0.1, 0.15) is 19.3 Å². The Morgan fingerprint density at radius 1 is 1.50 bits per heavy atom. The van der Waals surface area contributed by atoms with Crippen molar-refractivity contribution in [1.29, 1.82) is 0 Å². The third kappa shape index (κ3) is 3.04. The molecule has 18 heavy (non-hydrogen) atoms. The van der Waals surface area contributed by atoms with E-state index in [9.17, 15) is 9.90 Å². The highest BCUT2D eigenvalue weighted by atomic mass is 35.5. The van der Waals surface area contributed by atoms with Crippen molar-refractivity contribution in [3.05, 3.63) is 18.2 Å². The minimum absolute atomic E-state index is 0. The van der Waals surface area contributed by atoms with Crippen LogP contribution in [0, 0.1) is 0 Å². The van der Waals surface area contributed by atoms with Gasteiger partial charge < -0.3 is 14.7 Å². The standard InChI is InChI=1S/C12H16N2O3.ClH/c1-17-12(16)9-5-2-3-8-14(9)10-6-4-7-11(15)13-10;/h4,6-7,9H,2-3,5,8H2,1H3,(H,13,15);1H. The summed E-state index contributed by atoms with van der Waals surface area (Å²) in [4.78, 5) is 17.6. The third-order valence-electron chi connectivity index (χ3n) is 2.99. The van der Waals surface area contributed by atoms with Gasteiger partial charge in [0.15, 0.2) is 0 Å². The molecule has 1 N–H and O–H groups in total. The van der Waals surface area contributed by atoms with Gasteiger partial charge in [-0.05, 0) is 25.3 Å². The molecule has 1 fully saturated rings. The van der Waals surface area contributed by atoms with Crippen LogP contribution in [0.15, 0.2) is 18.2 Å². The lowest BCUT2D eigenvalue weighted by Crippen LogP contribution is -2.45. The van der Waals surface area contributed by atoms with Crippen LogP contribution < -0.4 is 4.90 Å². The van der Waals surface area contributed by atoms with E-state index < -0.39 is 0 Å². The molecule has 0 radical (unpaired) electrons. The second-order valence-electron chi connectivity index (χ2n) is 4.08. The van der Waals surface area contributed by atoms with Gasteiger partial charge in [-0.15, -0.1) is 12.4 Å². The Kier molecular flexibility index (Phi) is 5.22. The molecule has 1 atom stereocenters. The molecule has 1 aromatic heterocycles. The fourth-order valence-electron chi connectivity index (χ4n) is 2.16. The van der Waals surface area contributed by atoms with E-state index in [1.807, 2.05) is 4.90 Å². The van der Waals surface area contributed by atoms with Gasteiger partial charge >= 0.3 is 5.97 Å². The van der Waals surface area contributed by atoms with Crippen LogP contribution in [0.25, 0.3) is 0 Å². The van der Waals surface area contributed by atoms with Crippen molar-refractivity contribution < 1.29 is 14.6 Å². The highest BCUT2D eigenvalue weighted by Crippen LogP contribution is 2.25. The summed E-state index contributed by atoms with van der Waals surface area (Å²) in [5, 5.41) is 9.37. The summed E-state index contributed by atoms with van der Waals surface area (Å²) in [7, 11) is 1.39. The summed E-state index contributed by atoms with van der Waals surface area (Å²) < 4.78 is 4.80. The Balaban J connectivity index is 0.00000162. The first-order valence-corrected chi connectivity index (χ1v) is 5.73. The smallest absolute Gasteiger partial charge is 0.328 e. The second kappa shape index (κ2) is 6.44. The summed E-state index contributed by atoms with van der Waals surface area (Å²) >= 11 is 0. The van der Waals surface area contributed by atoms with Crippen LogP contribution in [0.4, 0.5) is 5.82 Å². The zero-order valence-corrected chi connectivity index (χ0v) is 11.0. The molecule has 1 unspecified atom stereocenters. The average Bonchev–Trinajstić information content (AvgIpc) is 2.38. The Morgan fingerprint density at radius 3 is 2.94 bits per heavy atom. The molecule has 0 aromatic carbocycles. The van der Waals surface area contributed by atoms with Crippen LogP contribution >= 0.6 is 12.4 Å². The van der Waals surface area contributed by atoms with Gasteiger partial charge in [-0.3, -0.25) is 0 Å². The molecule has 0 spiro atoms. The highest BCUT2D eigenvalue weighted by molar-refractivity contribution is 5.85. The topological polar surface area (TPSA) is 62.7 Å². The van der Waals surface area contributed by atoms with Crippen LogP contribution in [0.2, 0.25) is 0 Å². The molecule has 0 aliphatic carbocycles. The van der Waals surface area contributed by atoms with Crippen LogP contribution in [0.3, 0.4) is 0 Å². The molecular formula is C12H17ClN2O3. The summed E-state index contributed by atoms with van der Waals surface area (Å²) in [6, 6.07) is 4.74. The van der Waals surface area contributed by atoms with Crippen molar-refractivity contribution in [2.24, 2.45) is 0 Å². The zero-order valence-electron chi connectivity index (χ0n) is 10.2. The minimum atomic E-state index is -0.289. The first kappa shape index (κ1) is 14.6. The molecule has 1 saturated heterocycles. The normalized spacial score (nSPS) is 18.9. The molecule has 1 aliphatic heterocycles. The van der Waals surface area contributed by atoms with Gasteiger partial charge in [0, 0.05) is 12.6 Å². The maximum Gasteiger partial charge on any atom is 0.328 e. The van der Waals surface area contributed by atoms with Crippen LogP contribution in [-0.4, -0.2) is 35.8 Å². The number of anilines is 1. The lowest BCUT2D eigenvalue weighted by molar-refractivity contribution is -0.142. The summed E-state index contributed by atoms with van der Waals surface area (Å²) in [5.74, 6) is 0.353. The van der Waals surface area contributed by atoms with Crippen molar-refractivity contribution in [3.63, 3.8) is 0 Å². The Hall–Kier alpha value is -1.49. The van der Waals surface area contributed by atoms with Gasteiger partial charge in [-0.2, -0.15) is 4.98 Å². The van der Waals surface area contributed by atoms with E-state index in [0.29, 0.717) is 5.82 Å². The Labute approximate surface area is 112 Å². The molecular weight excluding hydrogens is 256 g/mol. The number of ether oxygens (including phenoxy) is 1. The lowest BCUT2D eigenvalue weighted by Gasteiger charge is -2.34. The lowest BCUT2D eigenvalue weighted by atomic mass is 10.0. The minimum Gasteiger partial charge on any atom is -0.493 e. The number of nitrogens with zero attached hydrogens (tertiary/aromatic N) is 2. The van der Waals surface area contributed by atoms with Gasteiger partial charge in [-0.1, -0.05) is 6.07 Å². The molecule has 0 saturated carbocycles. The number of piperidine rings is 1. The number of esters is 1. The van der Waals surface area contributed by atoms with Gasteiger partial charge in [-0.25, -0.2) is 4.79 Å². The van der Waals surface area contributed by atoms with Crippen molar-refractivity contribution in [2.45, 2.75) is 25.3 Å². The van der Waals surface area contributed by atoms with E-state index in [1.165, 1.54) is 13.2 Å². The molecule has 0 amide bonds. The van der Waals surface area contributed by atoms with Gasteiger partial charge in [0.05, 0.1) is 7.11 Å². The molecule has 1 aromatic rings. The van der Waals surface area contributed by atoms with Crippen molar-refractivity contribution >= 4 is 24.2 Å². The van der Waals surface area contributed by atoms with Crippen LogP contribution in [0.5, 0.6) is 5.88 Å². The van der Waals surface area contributed by atoms with E-state index in [2.05, 4.69) is 4.98 Å². The average molecular weight is 273 g/mol. The fourth-order valence-corrected chi connectivity index (χ4v) is 2.16. The number of methoxy groups -OCH3 is 1. The molecule has 100 valence electrons. The molecule has 5 nitrogen and oxygen atoms in total. The Morgan fingerprint density at radius 2 is 2.28 bits per heavy atom. The maximum absolute atomic E-state index is 11.7. The van der Waals surface area contributed by atoms with Gasteiger partial charge in [0.1, 0.15) is 11.9 Å². The highest BCUT2D eigenvalue weighted by Gasteiger charge is 2.30. The third-order valence-corrected chi connectivity index (χ3v) is 2.99. The molecule has 1 aliphatic rings. The first-order valence-electron chi connectivity index (χ1n) is 5.73. The predicted octanol–water partition coefficient (Wildman–Crippen LogP) is 1.74. The van der Waals surface area contributed by atoms with E-state index in [-0.39, 0.29) is 30.3 Å². The van der Waals surface area contributed by atoms with E-state index in [4.69, 9.17) is 4.74 Å². The van der Waals surface area contributed by atoms with Crippen LogP contribution in [-0.2, 0) is 9.53 Å². The Bertz CT molecular complexity index is 414. The molecule has 2 rings (SSSR count). The monoisotopic (exact) mass is 272 g/mol. The van der Waals surface area contributed by atoms with Crippen molar-refractivity contribution in [3.8, 4) is 5.88 Å². The first-order chi connectivity index (χ1) is 8.22. The van der Waals surface area contributed by atoms with Gasteiger partial charge in [0.25, 0.3) is 0 Å². The number of pyridine rings is 1.